The number of halogens is 2. The third kappa shape index (κ3) is 3.11. The molecule has 0 amide bonds. The quantitative estimate of drug-likeness (QED) is 0.932. The summed E-state index contributed by atoms with van der Waals surface area (Å²) in [6.07, 6.45) is 0. The smallest absolute Gasteiger partial charge is 0.0748 e. The van der Waals surface area contributed by atoms with E-state index in [4.69, 9.17) is 23.2 Å². The summed E-state index contributed by atoms with van der Waals surface area (Å²) < 4.78 is 1.89. The van der Waals surface area contributed by atoms with Gasteiger partial charge in [0.15, 0.2) is 0 Å². The van der Waals surface area contributed by atoms with E-state index in [1.54, 1.807) is 0 Å². The molecule has 3 nitrogen and oxygen atoms in total. The molecule has 102 valence electrons. The van der Waals surface area contributed by atoms with Gasteiger partial charge >= 0.3 is 0 Å². The number of rotatable bonds is 4. The summed E-state index contributed by atoms with van der Waals surface area (Å²) >= 11 is 12.1. The van der Waals surface area contributed by atoms with Gasteiger partial charge in [-0.05, 0) is 37.2 Å². The van der Waals surface area contributed by atoms with Crippen LogP contribution in [0.1, 0.15) is 29.9 Å². The monoisotopic (exact) mass is 297 g/mol. The van der Waals surface area contributed by atoms with Crippen LogP contribution in [-0.2, 0) is 7.05 Å². The number of hydrogen-bond acceptors (Lipinski definition) is 2. The maximum atomic E-state index is 6.11. The fourth-order valence-corrected chi connectivity index (χ4v) is 2.50. The SMILES string of the molecule is CCNC(c1ccc(Cl)c(Cl)c1)c1cc(C)nn1C. The van der Waals surface area contributed by atoms with Gasteiger partial charge in [-0.15, -0.1) is 0 Å². The van der Waals surface area contributed by atoms with E-state index in [9.17, 15) is 0 Å². The van der Waals surface area contributed by atoms with Crippen molar-refractivity contribution in [3.63, 3.8) is 0 Å². The van der Waals surface area contributed by atoms with Crippen LogP contribution in [0.25, 0.3) is 0 Å². The lowest BCUT2D eigenvalue weighted by molar-refractivity contribution is 0.572. The average Bonchev–Trinajstić information content (AvgIpc) is 2.69. The molecule has 5 heteroatoms. The van der Waals surface area contributed by atoms with Gasteiger partial charge in [0.1, 0.15) is 0 Å². The first-order chi connectivity index (χ1) is 9.02. The summed E-state index contributed by atoms with van der Waals surface area (Å²) in [6.45, 7) is 4.92. The van der Waals surface area contributed by atoms with Gasteiger partial charge in [-0.2, -0.15) is 5.10 Å². The van der Waals surface area contributed by atoms with Crippen molar-refractivity contribution in [3.05, 3.63) is 51.3 Å². The molecule has 1 N–H and O–H groups in total. The zero-order chi connectivity index (χ0) is 14.0. The Labute approximate surface area is 123 Å². The molecule has 0 aliphatic heterocycles. The van der Waals surface area contributed by atoms with Gasteiger partial charge in [-0.25, -0.2) is 0 Å². The zero-order valence-corrected chi connectivity index (χ0v) is 12.8. The number of benzene rings is 1. The van der Waals surface area contributed by atoms with Crippen LogP contribution in [0.4, 0.5) is 0 Å². The summed E-state index contributed by atoms with van der Waals surface area (Å²) in [4.78, 5) is 0. The Bertz CT molecular complexity index is 578. The van der Waals surface area contributed by atoms with Crippen LogP contribution in [0.3, 0.4) is 0 Å². The average molecular weight is 298 g/mol. The molecule has 19 heavy (non-hydrogen) atoms. The Kier molecular flexibility index (Phi) is 4.50. The first-order valence-corrected chi connectivity index (χ1v) is 6.97. The highest BCUT2D eigenvalue weighted by Gasteiger charge is 2.18. The number of aromatic nitrogens is 2. The fourth-order valence-electron chi connectivity index (χ4n) is 2.19. The van der Waals surface area contributed by atoms with Gasteiger partial charge in [0.25, 0.3) is 0 Å². The molecule has 1 unspecified atom stereocenters. The van der Waals surface area contributed by atoms with E-state index < -0.39 is 0 Å². The maximum absolute atomic E-state index is 6.11. The zero-order valence-electron chi connectivity index (χ0n) is 11.2. The van der Waals surface area contributed by atoms with Gasteiger partial charge in [0, 0.05) is 7.05 Å². The summed E-state index contributed by atoms with van der Waals surface area (Å²) in [7, 11) is 1.95. The predicted octanol–water partition coefficient (Wildman–Crippen LogP) is 3.73. The van der Waals surface area contributed by atoms with Crippen LogP contribution in [0.5, 0.6) is 0 Å². The van der Waals surface area contributed by atoms with E-state index in [1.165, 1.54) is 0 Å². The molecule has 2 aromatic rings. The van der Waals surface area contributed by atoms with Crippen molar-refractivity contribution in [3.8, 4) is 0 Å². The van der Waals surface area contributed by atoms with Crippen molar-refractivity contribution in [1.29, 1.82) is 0 Å². The summed E-state index contributed by atoms with van der Waals surface area (Å²) in [5.74, 6) is 0. The second kappa shape index (κ2) is 5.95. The Balaban J connectivity index is 2.44. The minimum absolute atomic E-state index is 0.0611. The van der Waals surface area contributed by atoms with Crippen LogP contribution in [0.15, 0.2) is 24.3 Å². The molecule has 0 saturated heterocycles. The third-order valence-corrected chi connectivity index (χ3v) is 3.76. The number of nitrogens with zero attached hydrogens (tertiary/aromatic N) is 2. The first kappa shape index (κ1) is 14.4. The van der Waals surface area contributed by atoms with Crippen molar-refractivity contribution < 1.29 is 0 Å². The Morgan fingerprint density at radius 3 is 2.53 bits per heavy atom. The van der Waals surface area contributed by atoms with Crippen molar-refractivity contribution in [1.82, 2.24) is 15.1 Å². The lowest BCUT2D eigenvalue weighted by atomic mass is 10.0. The van der Waals surface area contributed by atoms with Crippen molar-refractivity contribution >= 4 is 23.2 Å². The highest BCUT2D eigenvalue weighted by molar-refractivity contribution is 6.42. The molecule has 0 aliphatic rings. The second-order valence-corrected chi connectivity index (χ2v) is 5.31. The minimum atomic E-state index is 0.0611. The van der Waals surface area contributed by atoms with Crippen LogP contribution in [0.2, 0.25) is 10.0 Å². The second-order valence-electron chi connectivity index (χ2n) is 4.50. The minimum Gasteiger partial charge on any atom is -0.305 e. The first-order valence-electron chi connectivity index (χ1n) is 6.21. The van der Waals surface area contributed by atoms with E-state index in [2.05, 4.69) is 23.4 Å². The van der Waals surface area contributed by atoms with Gasteiger partial charge in [-0.1, -0.05) is 36.2 Å². The molecule has 1 atom stereocenters. The molecule has 1 aromatic heterocycles. The highest BCUT2D eigenvalue weighted by Crippen LogP contribution is 2.29. The lowest BCUT2D eigenvalue weighted by Crippen LogP contribution is -2.24. The van der Waals surface area contributed by atoms with Crippen molar-refractivity contribution in [2.24, 2.45) is 7.05 Å². The molecule has 0 radical (unpaired) electrons. The van der Waals surface area contributed by atoms with E-state index in [0.29, 0.717) is 10.0 Å². The lowest BCUT2D eigenvalue weighted by Gasteiger charge is -2.19. The third-order valence-electron chi connectivity index (χ3n) is 3.02. The topological polar surface area (TPSA) is 29.9 Å². The summed E-state index contributed by atoms with van der Waals surface area (Å²) in [5, 5.41) is 8.99. The summed E-state index contributed by atoms with van der Waals surface area (Å²) in [5.41, 5.74) is 3.19. The Hall–Kier alpha value is -1.03. The largest absolute Gasteiger partial charge is 0.305 e. The Morgan fingerprint density at radius 2 is 2.00 bits per heavy atom. The molecule has 0 bridgehead atoms. The summed E-state index contributed by atoms with van der Waals surface area (Å²) in [6, 6.07) is 7.86. The Morgan fingerprint density at radius 1 is 1.26 bits per heavy atom. The number of hydrogen-bond donors (Lipinski definition) is 1. The molecule has 1 heterocycles. The molecule has 0 fully saturated rings. The molecule has 1 aromatic carbocycles. The number of aryl methyl sites for hydroxylation is 2. The van der Waals surface area contributed by atoms with Gasteiger partial charge in [-0.3, -0.25) is 4.68 Å². The predicted molar refractivity (Wildman–Crippen MR) is 79.9 cm³/mol. The van der Waals surface area contributed by atoms with E-state index in [1.807, 2.05) is 36.9 Å². The van der Waals surface area contributed by atoms with Crippen molar-refractivity contribution in [2.75, 3.05) is 6.54 Å². The maximum Gasteiger partial charge on any atom is 0.0748 e. The van der Waals surface area contributed by atoms with E-state index in [0.717, 1.165) is 23.5 Å². The molecule has 0 spiro atoms. The van der Waals surface area contributed by atoms with Crippen LogP contribution in [-0.4, -0.2) is 16.3 Å². The fraction of sp³-hybridized carbons (Fsp3) is 0.357. The standard InChI is InChI=1S/C14H17Cl2N3/c1-4-17-14(13-7-9(2)18-19(13)3)10-5-6-11(15)12(16)8-10/h5-8,14,17H,4H2,1-3H3. The van der Waals surface area contributed by atoms with E-state index >= 15 is 0 Å². The normalized spacial score (nSPS) is 12.7. The van der Waals surface area contributed by atoms with Crippen LogP contribution >= 0.6 is 23.2 Å². The number of nitrogens with one attached hydrogen (secondary N) is 1. The van der Waals surface area contributed by atoms with Crippen LogP contribution < -0.4 is 5.32 Å². The van der Waals surface area contributed by atoms with E-state index in [-0.39, 0.29) is 6.04 Å². The molecule has 2 rings (SSSR count). The van der Waals surface area contributed by atoms with Gasteiger partial charge in [0.05, 0.1) is 27.5 Å². The molecular weight excluding hydrogens is 281 g/mol. The van der Waals surface area contributed by atoms with Crippen LogP contribution in [0, 0.1) is 6.92 Å². The molecule has 0 aliphatic carbocycles. The molecule has 0 saturated carbocycles. The van der Waals surface area contributed by atoms with Gasteiger partial charge in [0.2, 0.25) is 0 Å². The highest BCUT2D eigenvalue weighted by atomic mass is 35.5. The van der Waals surface area contributed by atoms with Crippen molar-refractivity contribution in [2.45, 2.75) is 19.9 Å². The van der Waals surface area contributed by atoms with Gasteiger partial charge < -0.3 is 5.32 Å². The molecular formula is C14H17Cl2N3.